The Bertz CT molecular complexity index is 715. The molecule has 3 N–H and O–H groups in total. The minimum Gasteiger partial charge on any atom is -0.459 e. The molecule has 0 radical (unpaired) electrons. The first-order valence-corrected chi connectivity index (χ1v) is 9.05. The van der Waals surface area contributed by atoms with E-state index in [1.807, 2.05) is 30.3 Å². The third-order valence-corrected chi connectivity index (χ3v) is 4.74. The van der Waals surface area contributed by atoms with Crippen molar-refractivity contribution in [2.75, 3.05) is 6.54 Å². The smallest absolute Gasteiger partial charge is 0.287 e. The number of carbonyl (C=O) groups is 2. The molecule has 1 fully saturated rings. The van der Waals surface area contributed by atoms with Crippen LogP contribution in [-0.4, -0.2) is 36.5 Å². The second-order valence-corrected chi connectivity index (χ2v) is 6.69. The van der Waals surface area contributed by atoms with Crippen molar-refractivity contribution in [2.24, 2.45) is 0 Å². The highest BCUT2D eigenvalue weighted by atomic mass is 16.3. The van der Waals surface area contributed by atoms with E-state index in [0.717, 1.165) is 24.9 Å². The number of amides is 2. The minimum atomic E-state index is -0.663. The van der Waals surface area contributed by atoms with Gasteiger partial charge in [0.2, 0.25) is 5.91 Å². The van der Waals surface area contributed by atoms with E-state index in [2.05, 4.69) is 22.9 Å². The third-order valence-electron chi connectivity index (χ3n) is 4.74. The van der Waals surface area contributed by atoms with Gasteiger partial charge in [0.1, 0.15) is 6.04 Å². The van der Waals surface area contributed by atoms with Gasteiger partial charge in [0.15, 0.2) is 5.76 Å². The van der Waals surface area contributed by atoms with Crippen molar-refractivity contribution in [3.05, 3.63) is 60.1 Å². The topological polar surface area (TPSA) is 83.4 Å². The van der Waals surface area contributed by atoms with E-state index >= 15 is 0 Å². The fraction of sp³-hybridized carbons (Fsp3) is 0.400. The lowest BCUT2D eigenvalue weighted by molar-refractivity contribution is -0.124. The van der Waals surface area contributed by atoms with Gasteiger partial charge < -0.3 is 20.4 Å². The van der Waals surface area contributed by atoms with E-state index < -0.39 is 6.04 Å². The Balaban J connectivity index is 1.70. The Morgan fingerprint density at radius 2 is 2.04 bits per heavy atom. The Labute approximate surface area is 153 Å². The standard InChI is InChI=1S/C20H25N3O3/c1-14-16(9-5-11-21-14)22-19(24)17(13-15-7-3-2-4-8-15)23-20(25)18-10-6-12-26-18/h2-4,6-8,10,12,14,16-17,21H,5,9,11,13H2,1H3,(H,22,24)(H,23,25). The molecule has 26 heavy (non-hydrogen) atoms. The van der Waals surface area contributed by atoms with Gasteiger partial charge in [-0.05, 0) is 44.0 Å². The molecule has 138 valence electrons. The molecule has 0 aliphatic carbocycles. The average molecular weight is 355 g/mol. The summed E-state index contributed by atoms with van der Waals surface area (Å²) in [6, 6.07) is 12.5. The zero-order valence-electron chi connectivity index (χ0n) is 14.9. The van der Waals surface area contributed by atoms with Gasteiger partial charge in [-0.25, -0.2) is 0 Å². The van der Waals surface area contributed by atoms with Crippen LogP contribution in [0.4, 0.5) is 0 Å². The van der Waals surface area contributed by atoms with Crippen molar-refractivity contribution in [2.45, 2.75) is 44.3 Å². The molecule has 1 aliphatic heterocycles. The van der Waals surface area contributed by atoms with Gasteiger partial charge >= 0.3 is 0 Å². The second-order valence-electron chi connectivity index (χ2n) is 6.69. The summed E-state index contributed by atoms with van der Waals surface area (Å²) >= 11 is 0. The van der Waals surface area contributed by atoms with E-state index in [9.17, 15) is 9.59 Å². The van der Waals surface area contributed by atoms with Crippen LogP contribution >= 0.6 is 0 Å². The van der Waals surface area contributed by atoms with Gasteiger partial charge in [0.05, 0.1) is 6.26 Å². The summed E-state index contributed by atoms with van der Waals surface area (Å²) in [6.07, 6.45) is 3.83. The number of rotatable bonds is 6. The molecule has 3 unspecified atom stereocenters. The molecular formula is C20H25N3O3. The third kappa shape index (κ3) is 4.73. The summed E-state index contributed by atoms with van der Waals surface area (Å²) in [7, 11) is 0. The lowest BCUT2D eigenvalue weighted by Gasteiger charge is -2.32. The molecule has 1 saturated heterocycles. The second kappa shape index (κ2) is 8.67. The summed E-state index contributed by atoms with van der Waals surface area (Å²) in [6.45, 7) is 3.04. The van der Waals surface area contributed by atoms with Crippen LogP contribution in [0.15, 0.2) is 53.1 Å². The first-order chi connectivity index (χ1) is 12.6. The van der Waals surface area contributed by atoms with E-state index in [4.69, 9.17) is 4.42 Å². The Hall–Kier alpha value is -2.60. The molecule has 6 nitrogen and oxygen atoms in total. The summed E-state index contributed by atoms with van der Waals surface area (Å²) in [5, 5.41) is 9.27. The van der Waals surface area contributed by atoms with Gasteiger partial charge in [-0.1, -0.05) is 30.3 Å². The molecule has 2 aromatic rings. The van der Waals surface area contributed by atoms with Crippen molar-refractivity contribution in [3.8, 4) is 0 Å². The number of hydrogen-bond donors (Lipinski definition) is 3. The van der Waals surface area contributed by atoms with Crippen LogP contribution < -0.4 is 16.0 Å². The van der Waals surface area contributed by atoms with E-state index in [1.165, 1.54) is 6.26 Å². The normalized spacial score (nSPS) is 21.0. The van der Waals surface area contributed by atoms with E-state index in [-0.39, 0.29) is 29.7 Å². The Morgan fingerprint density at radius 1 is 1.23 bits per heavy atom. The van der Waals surface area contributed by atoms with Gasteiger partial charge in [0.25, 0.3) is 5.91 Å². The zero-order chi connectivity index (χ0) is 18.4. The summed E-state index contributed by atoms with van der Waals surface area (Å²) < 4.78 is 5.14. The molecule has 2 amide bonds. The molecular weight excluding hydrogens is 330 g/mol. The number of furan rings is 1. The van der Waals surface area contributed by atoms with Crippen molar-refractivity contribution < 1.29 is 14.0 Å². The Morgan fingerprint density at radius 3 is 2.73 bits per heavy atom. The average Bonchev–Trinajstić information content (AvgIpc) is 3.19. The van der Waals surface area contributed by atoms with Gasteiger partial charge in [0, 0.05) is 18.5 Å². The number of carbonyl (C=O) groups excluding carboxylic acids is 2. The maximum Gasteiger partial charge on any atom is 0.287 e. The fourth-order valence-corrected chi connectivity index (χ4v) is 3.22. The number of hydrogen-bond acceptors (Lipinski definition) is 4. The molecule has 0 saturated carbocycles. The molecule has 3 rings (SSSR count). The van der Waals surface area contributed by atoms with Gasteiger partial charge in [-0.2, -0.15) is 0 Å². The van der Waals surface area contributed by atoms with Crippen LogP contribution in [-0.2, 0) is 11.2 Å². The summed E-state index contributed by atoms with van der Waals surface area (Å²) in [4.78, 5) is 25.3. The van der Waals surface area contributed by atoms with Crippen LogP contribution in [0.1, 0.15) is 35.9 Å². The molecule has 2 heterocycles. The predicted molar refractivity (Wildman–Crippen MR) is 98.7 cm³/mol. The Kier molecular flexibility index (Phi) is 6.07. The maximum atomic E-state index is 12.9. The van der Waals surface area contributed by atoms with Crippen molar-refractivity contribution in [1.29, 1.82) is 0 Å². The SMILES string of the molecule is CC1NCCCC1NC(=O)C(Cc1ccccc1)NC(=O)c1ccco1. The van der Waals surface area contributed by atoms with Crippen LogP contribution in [0.25, 0.3) is 0 Å². The van der Waals surface area contributed by atoms with Crippen LogP contribution in [0, 0.1) is 0 Å². The van der Waals surface area contributed by atoms with Crippen molar-refractivity contribution in [1.82, 2.24) is 16.0 Å². The fourth-order valence-electron chi connectivity index (χ4n) is 3.22. The highest BCUT2D eigenvalue weighted by Gasteiger charge is 2.28. The van der Waals surface area contributed by atoms with Crippen molar-refractivity contribution in [3.63, 3.8) is 0 Å². The number of piperidine rings is 1. The zero-order valence-corrected chi connectivity index (χ0v) is 14.9. The maximum absolute atomic E-state index is 12.9. The molecule has 3 atom stereocenters. The first-order valence-electron chi connectivity index (χ1n) is 9.05. The molecule has 1 aromatic heterocycles. The lowest BCUT2D eigenvalue weighted by atomic mass is 9.98. The largest absolute Gasteiger partial charge is 0.459 e. The monoisotopic (exact) mass is 355 g/mol. The van der Waals surface area contributed by atoms with Crippen LogP contribution in [0.5, 0.6) is 0 Å². The lowest BCUT2D eigenvalue weighted by Crippen LogP contribution is -2.57. The van der Waals surface area contributed by atoms with Crippen molar-refractivity contribution >= 4 is 11.8 Å². The summed E-state index contributed by atoms with van der Waals surface area (Å²) in [5.74, 6) is -0.362. The van der Waals surface area contributed by atoms with Crippen LogP contribution in [0.2, 0.25) is 0 Å². The number of nitrogens with one attached hydrogen (secondary N) is 3. The summed E-state index contributed by atoms with van der Waals surface area (Å²) in [5.41, 5.74) is 0.988. The van der Waals surface area contributed by atoms with E-state index in [1.54, 1.807) is 12.1 Å². The number of benzene rings is 1. The highest BCUT2D eigenvalue weighted by molar-refractivity contribution is 5.95. The van der Waals surface area contributed by atoms with E-state index in [0.29, 0.717) is 6.42 Å². The molecule has 6 heteroatoms. The molecule has 1 aromatic carbocycles. The predicted octanol–water partition coefficient (Wildman–Crippen LogP) is 1.88. The minimum absolute atomic E-state index is 0.0649. The molecule has 0 spiro atoms. The molecule has 0 bridgehead atoms. The molecule has 1 aliphatic rings. The first kappa shape index (κ1) is 18.2. The highest BCUT2D eigenvalue weighted by Crippen LogP contribution is 2.10. The van der Waals surface area contributed by atoms with Crippen LogP contribution in [0.3, 0.4) is 0 Å². The van der Waals surface area contributed by atoms with Gasteiger partial charge in [-0.3, -0.25) is 9.59 Å². The van der Waals surface area contributed by atoms with Gasteiger partial charge in [-0.15, -0.1) is 0 Å². The quantitative estimate of drug-likeness (QED) is 0.739.